The summed E-state index contributed by atoms with van der Waals surface area (Å²) in [6, 6.07) is 11.5. The van der Waals surface area contributed by atoms with E-state index in [4.69, 9.17) is 21.1 Å². The summed E-state index contributed by atoms with van der Waals surface area (Å²) in [7, 11) is 0. The second-order valence-corrected chi connectivity index (χ2v) is 6.60. The molecule has 1 fully saturated rings. The Kier molecular flexibility index (Phi) is 6.08. The van der Waals surface area contributed by atoms with Crippen LogP contribution in [0.2, 0.25) is 5.02 Å². The van der Waals surface area contributed by atoms with Crippen molar-refractivity contribution in [3.63, 3.8) is 0 Å². The van der Waals surface area contributed by atoms with Gasteiger partial charge in [-0.05, 0) is 30.2 Å². The number of aldehydes is 1. The number of morpholine rings is 1. The Bertz CT molecular complexity index is 742. The standard InChI is InChI=1S/C20H22ClNO3/c1-15-18(13-23)3-2-4-20(15)25-14-16-5-6-17(19(21)11-16)12-22-7-9-24-10-8-22/h2-6,11,13H,7-10,12,14H2,1H3. The summed E-state index contributed by atoms with van der Waals surface area (Å²) in [5.41, 5.74) is 3.63. The summed E-state index contributed by atoms with van der Waals surface area (Å²) in [6.45, 7) is 6.58. The van der Waals surface area contributed by atoms with Crippen molar-refractivity contribution in [1.82, 2.24) is 4.90 Å². The lowest BCUT2D eigenvalue weighted by Crippen LogP contribution is -2.35. The van der Waals surface area contributed by atoms with Crippen molar-refractivity contribution in [2.24, 2.45) is 0 Å². The fraction of sp³-hybridized carbons (Fsp3) is 0.350. The highest BCUT2D eigenvalue weighted by atomic mass is 35.5. The molecule has 0 spiro atoms. The lowest BCUT2D eigenvalue weighted by Gasteiger charge is -2.27. The molecular formula is C20H22ClNO3. The Morgan fingerprint density at radius 3 is 2.76 bits per heavy atom. The predicted molar refractivity (Wildman–Crippen MR) is 98.4 cm³/mol. The average Bonchev–Trinajstić information content (AvgIpc) is 2.64. The summed E-state index contributed by atoms with van der Waals surface area (Å²) in [5.74, 6) is 0.720. The molecule has 0 atom stereocenters. The minimum Gasteiger partial charge on any atom is -0.489 e. The molecule has 5 heteroatoms. The second-order valence-electron chi connectivity index (χ2n) is 6.19. The van der Waals surface area contributed by atoms with Gasteiger partial charge in [0.15, 0.2) is 0 Å². The number of rotatable bonds is 6. The lowest BCUT2D eigenvalue weighted by molar-refractivity contribution is 0.0342. The number of hydrogen-bond donors (Lipinski definition) is 0. The molecule has 1 heterocycles. The molecule has 0 unspecified atom stereocenters. The van der Waals surface area contributed by atoms with Gasteiger partial charge in [0.1, 0.15) is 18.6 Å². The maximum absolute atomic E-state index is 11.0. The normalized spacial score (nSPS) is 15.1. The first-order valence-electron chi connectivity index (χ1n) is 8.42. The smallest absolute Gasteiger partial charge is 0.150 e. The van der Waals surface area contributed by atoms with Crippen LogP contribution in [0.3, 0.4) is 0 Å². The van der Waals surface area contributed by atoms with Gasteiger partial charge in [0.2, 0.25) is 0 Å². The SMILES string of the molecule is Cc1c(C=O)cccc1OCc1ccc(CN2CCOCC2)c(Cl)c1. The maximum atomic E-state index is 11.0. The van der Waals surface area contributed by atoms with E-state index in [1.54, 1.807) is 6.07 Å². The minimum absolute atomic E-state index is 0.417. The molecule has 0 saturated carbocycles. The number of carbonyl (C=O) groups excluding carboxylic acids is 1. The molecule has 0 bridgehead atoms. The van der Waals surface area contributed by atoms with Crippen LogP contribution in [0.15, 0.2) is 36.4 Å². The third-order valence-corrected chi connectivity index (χ3v) is 4.81. The van der Waals surface area contributed by atoms with Crippen LogP contribution in [-0.4, -0.2) is 37.5 Å². The maximum Gasteiger partial charge on any atom is 0.150 e. The van der Waals surface area contributed by atoms with E-state index >= 15 is 0 Å². The molecule has 1 aliphatic rings. The third kappa shape index (κ3) is 4.60. The molecule has 3 rings (SSSR count). The van der Waals surface area contributed by atoms with Crippen LogP contribution in [0.25, 0.3) is 0 Å². The molecule has 0 N–H and O–H groups in total. The van der Waals surface area contributed by atoms with Crippen molar-refractivity contribution in [2.45, 2.75) is 20.1 Å². The molecule has 132 valence electrons. The zero-order chi connectivity index (χ0) is 17.6. The van der Waals surface area contributed by atoms with Crippen molar-refractivity contribution in [3.8, 4) is 5.75 Å². The van der Waals surface area contributed by atoms with Crippen molar-refractivity contribution >= 4 is 17.9 Å². The minimum atomic E-state index is 0.417. The van der Waals surface area contributed by atoms with E-state index in [0.717, 1.165) is 66.6 Å². The van der Waals surface area contributed by atoms with Crippen molar-refractivity contribution < 1.29 is 14.3 Å². The Balaban J connectivity index is 1.64. The van der Waals surface area contributed by atoms with Gasteiger partial charge in [-0.1, -0.05) is 35.9 Å². The Hall–Kier alpha value is -1.88. The van der Waals surface area contributed by atoms with Crippen LogP contribution in [0.4, 0.5) is 0 Å². The van der Waals surface area contributed by atoms with Gasteiger partial charge in [-0.2, -0.15) is 0 Å². The zero-order valence-electron chi connectivity index (χ0n) is 14.3. The third-order valence-electron chi connectivity index (χ3n) is 4.46. The highest BCUT2D eigenvalue weighted by Gasteiger charge is 2.13. The molecule has 0 amide bonds. The molecule has 0 aliphatic carbocycles. The molecule has 0 aromatic heterocycles. The molecule has 2 aromatic rings. The summed E-state index contributed by atoms with van der Waals surface area (Å²) >= 11 is 6.45. The van der Waals surface area contributed by atoms with Gasteiger partial charge < -0.3 is 9.47 Å². The van der Waals surface area contributed by atoms with Gasteiger partial charge in [0.25, 0.3) is 0 Å². The van der Waals surface area contributed by atoms with Crippen molar-refractivity contribution in [1.29, 1.82) is 0 Å². The molecule has 1 saturated heterocycles. The summed E-state index contributed by atoms with van der Waals surface area (Å²) < 4.78 is 11.2. The first-order chi connectivity index (χ1) is 12.2. The van der Waals surface area contributed by atoms with Gasteiger partial charge in [0.05, 0.1) is 13.2 Å². The fourth-order valence-electron chi connectivity index (χ4n) is 2.89. The predicted octanol–water partition coefficient (Wildman–Crippen LogP) is 3.87. The van der Waals surface area contributed by atoms with Crippen LogP contribution in [0.1, 0.15) is 27.0 Å². The van der Waals surface area contributed by atoms with E-state index in [1.807, 2.05) is 31.2 Å². The van der Waals surface area contributed by atoms with Gasteiger partial charge in [-0.25, -0.2) is 0 Å². The van der Waals surface area contributed by atoms with E-state index in [-0.39, 0.29) is 0 Å². The Labute approximate surface area is 153 Å². The first kappa shape index (κ1) is 17.9. The topological polar surface area (TPSA) is 38.8 Å². The average molecular weight is 360 g/mol. The molecule has 25 heavy (non-hydrogen) atoms. The van der Waals surface area contributed by atoms with Gasteiger partial charge in [-0.3, -0.25) is 9.69 Å². The second kappa shape index (κ2) is 8.48. The van der Waals surface area contributed by atoms with Crippen LogP contribution >= 0.6 is 11.6 Å². The number of carbonyl (C=O) groups is 1. The van der Waals surface area contributed by atoms with Gasteiger partial charge >= 0.3 is 0 Å². The number of nitrogens with zero attached hydrogens (tertiary/aromatic N) is 1. The van der Waals surface area contributed by atoms with E-state index in [2.05, 4.69) is 11.0 Å². The van der Waals surface area contributed by atoms with Crippen LogP contribution < -0.4 is 4.74 Å². The summed E-state index contributed by atoms with van der Waals surface area (Å²) in [6.07, 6.45) is 0.847. The molecular weight excluding hydrogens is 338 g/mol. The lowest BCUT2D eigenvalue weighted by atomic mass is 10.1. The summed E-state index contributed by atoms with van der Waals surface area (Å²) in [5, 5.41) is 0.756. The molecule has 1 aliphatic heterocycles. The largest absolute Gasteiger partial charge is 0.489 e. The summed E-state index contributed by atoms with van der Waals surface area (Å²) in [4.78, 5) is 13.4. The van der Waals surface area contributed by atoms with Gasteiger partial charge in [0, 0.05) is 35.8 Å². The first-order valence-corrected chi connectivity index (χ1v) is 8.80. The Morgan fingerprint density at radius 2 is 2.04 bits per heavy atom. The zero-order valence-corrected chi connectivity index (χ0v) is 15.1. The fourth-order valence-corrected chi connectivity index (χ4v) is 3.15. The monoisotopic (exact) mass is 359 g/mol. The van der Waals surface area contributed by atoms with Crippen LogP contribution in [0.5, 0.6) is 5.75 Å². The molecule has 4 nitrogen and oxygen atoms in total. The van der Waals surface area contributed by atoms with E-state index in [9.17, 15) is 4.79 Å². The van der Waals surface area contributed by atoms with E-state index in [0.29, 0.717) is 12.2 Å². The highest BCUT2D eigenvalue weighted by Crippen LogP contribution is 2.24. The van der Waals surface area contributed by atoms with Gasteiger partial charge in [-0.15, -0.1) is 0 Å². The van der Waals surface area contributed by atoms with E-state index < -0.39 is 0 Å². The molecule has 2 aromatic carbocycles. The highest BCUT2D eigenvalue weighted by molar-refractivity contribution is 6.31. The number of hydrogen-bond acceptors (Lipinski definition) is 4. The van der Waals surface area contributed by atoms with Crippen molar-refractivity contribution in [2.75, 3.05) is 26.3 Å². The number of ether oxygens (including phenoxy) is 2. The number of benzene rings is 2. The number of halogens is 1. The van der Waals surface area contributed by atoms with Crippen molar-refractivity contribution in [3.05, 3.63) is 63.7 Å². The van der Waals surface area contributed by atoms with Crippen LogP contribution in [-0.2, 0) is 17.9 Å². The quantitative estimate of drug-likeness (QED) is 0.734. The Morgan fingerprint density at radius 1 is 1.24 bits per heavy atom. The molecule has 0 radical (unpaired) electrons. The van der Waals surface area contributed by atoms with E-state index in [1.165, 1.54) is 0 Å². The van der Waals surface area contributed by atoms with Crippen LogP contribution in [0, 0.1) is 6.92 Å².